The summed E-state index contributed by atoms with van der Waals surface area (Å²) in [5.74, 6) is 2.15. The molecule has 0 bridgehead atoms. The molecule has 4 aliphatic carbocycles. The Hall–Kier alpha value is -1.29. The molecule has 5 aliphatic rings. The Morgan fingerprint density at radius 2 is 2.12 bits per heavy atom. The maximum absolute atomic E-state index is 11.8. The van der Waals surface area contributed by atoms with Gasteiger partial charge in [-0.05, 0) is 86.3 Å². The van der Waals surface area contributed by atoms with Crippen LogP contribution in [0.4, 0.5) is 0 Å². The van der Waals surface area contributed by atoms with Crippen molar-refractivity contribution >= 4 is 23.3 Å². The fourth-order valence-electron chi connectivity index (χ4n) is 7.16. The zero-order valence-corrected chi connectivity index (χ0v) is 15.9. The van der Waals surface area contributed by atoms with E-state index in [0.29, 0.717) is 23.7 Å². The van der Waals surface area contributed by atoms with Crippen LogP contribution in [0.3, 0.4) is 0 Å². The Labute approximate surface area is 159 Å². The molecule has 1 spiro atoms. The molecule has 0 saturated heterocycles. The van der Waals surface area contributed by atoms with Gasteiger partial charge in [0.05, 0.1) is 11.1 Å². The van der Waals surface area contributed by atoms with E-state index in [-0.39, 0.29) is 22.4 Å². The SMILES string of the molecule is C[C@]12CCC3C(CC(Cl)C4=C/C(=N/O)CC[C@@H]43)C1CC[C@@]21C=CC(=O)O1. The molecule has 26 heavy (non-hydrogen) atoms. The summed E-state index contributed by atoms with van der Waals surface area (Å²) in [6.07, 6.45) is 12.9. The largest absolute Gasteiger partial charge is 0.451 e. The minimum Gasteiger partial charge on any atom is -0.451 e. The number of carbonyl (C=O) groups excluding carboxylic acids is 1. The molecule has 4 unspecified atom stereocenters. The molecule has 0 aromatic heterocycles. The molecule has 1 aliphatic heterocycles. The first-order valence-corrected chi connectivity index (χ1v) is 10.4. The van der Waals surface area contributed by atoms with Gasteiger partial charge in [-0.15, -0.1) is 11.6 Å². The van der Waals surface area contributed by atoms with Crippen molar-refractivity contribution in [2.24, 2.45) is 34.2 Å². The average Bonchev–Trinajstić information content (AvgIpc) is 3.16. The fraction of sp³-hybridized carbons (Fsp3) is 0.714. The summed E-state index contributed by atoms with van der Waals surface area (Å²) in [5, 5.41) is 12.6. The van der Waals surface area contributed by atoms with Crippen LogP contribution in [0.2, 0.25) is 0 Å². The molecule has 140 valence electrons. The zero-order valence-electron chi connectivity index (χ0n) is 15.2. The molecule has 0 aromatic carbocycles. The minimum atomic E-state index is -0.388. The Kier molecular flexibility index (Phi) is 3.63. The number of carbonyl (C=O) groups is 1. The van der Waals surface area contributed by atoms with E-state index in [1.165, 1.54) is 12.0 Å². The molecule has 7 atom stereocenters. The lowest BCUT2D eigenvalue weighted by atomic mass is 9.50. The Bertz CT molecular complexity index is 744. The van der Waals surface area contributed by atoms with Crippen molar-refractivity contribution in [1.82, 2.24) is 0 Å². The van der Waals surface area contributed by atoms with Crippen LogP contribution in [-0.2, 0) is 9.53 Å². The third-order valence-corrected chi connectivity index (χ3v) is 8.84. The van der Waals surface area contributed by atoms with Crippen LogP contribution in [0.15, 0.2) is 29.0 Å². The van der Waals surface area contributed by atoms with Gasteiger partial charge in [0.15, 0.2) is 0 Å². The van der Waals surface area contributed by atoms with Crippen molar-refractivity contribution in [2.45, 2.75) is 62.8 Å². The summed E-state index contributed by atoms with van der Waals surface area (Å²) in [5.41, 5.74) is 1.70. The molecule has 0 radical (unpaired) electrons. The van der Waals surface area contributed by atoms with Gasteiger partial charge in [-0.3, -0.25) is 0 Å². The summed E-state index contributed by atoms with van der Waals surface area (Å²) in [4.78, 5) is 11.8. The topological polar surface area (TPSA) is 58.9 Å². The van der Waals surface area contributed by atoms with Gasteiger partial charge in [0.25, 0.3) is 0 Å². The number of rotatable bonds is 0. The van der Waals surface area contributed by atoms with Crippen LogP contribution < -0.4 is 0 Å². The van der Waals surface area contributed by atoms with E-state index >= 15 is 0 Å². The Morgan fingerprint density at radius 3 is 2.85 bits per heavy atom. The monoisotopic (exact) mass is 375 g/mol. The summed E-state index contributed by atoms with van der Waals surface area (Å²) in [6, 6.07) is 0. The number of allylic oxidation sites excluding steroid dienone is 2. The average molecular weight is 376 g/mol. The van der Waals surface area contributed by atoms with Crippen molar-refractivity contribution in [3.63, 3.8) is 0 Å². The van der Waals surface area contributed by atoms with Gasteiger partial charge in [0, 0.05) is 11.5 Å². The highest BCUT2D eigenvalue weighted by Gasteiger charge is 2.65. The number of fused-ring (bicyclic) bond motifs is 6. The van der Waals surface area contributed by atoms with Crippen LogP contribution >= 0.6 is 11.6 Å². The van der Waals surface area contributed by atoms with Crippen molar-refractivity contribution < 1.29 is 14.7 Å². The van der Waals surface area contributed by atoms with Gasteiger partial charge in [0.1, 0.15) is 5.60 Å². The highest BCUT2D eigenvalue weighted by molar-refractivity contribution is 6.23. The van der Waals surface area contributed by atoms with Gasteiger partial charge in [-0.2, -0.15) is 0 Å². The number of hydrogen-bond donors (Lipinski definition) is 1. The number of oxime groups is 1. The van der Waals surface area contributed by atoms with Crippen molar-refractivity contribution in [3.05, 3.63) is 23.8 Å². The first-order valence-electron chi connectivity index (χ1n) is 9.96. The van der Waals surface area contributed by atoms with Crippen LogP contribution in [0.5, 0.6) is 0 Å². The van der Waals surface area contributed by atoms with Gasteiger partial charge in [0.2, 0.25) is 0 Å². The van der Waals surface area contributed by atoms with Gasteiger partial charge >= 0.3 is 5.97 Å². The number of ether oxygens (including phenoxy) is 1. The van der Waals surface area contributed by atoms with Crippen LogP contribution in [-0.4, -0.2) is 27.9 Å². The maximum atomic E-state index is 11.8. The predicted molar refractivity (Wildman–Crippen MR) is 99.3 cm³/mol. The molecule has 3 fully saturated rings. The van der Waals surface area contributed by atoms with Crippen LogP contribution in [0.25, 0.3) is 0 Å². The van der Waals surface area contributed by atoms with Crippen molar-refractivity contribution in [1.29, 1.82) is 0 Å². The minimum absolute atomic E-state index is 0.0267. The molecular weight excluding hydrogens is 350 g/mol. The second-order valence-electron chi connectivity index (χ2n) is 9.16. The van der Waals surface area contributed by atoms with E-state index in [4.69, 9.17) is 21.5 Å². The molecule has 1 heterocycles. The summed E-state index contributed by atoms with van der Waals surface area (Å²) >= 11 is 6.84. The zero-order chi connectivity index (χ0) is 18.1. The normalized spacial score (nSPS) is 51.0. The summed E-state index contributed by atoms with van der Waals surface area (Å²) in [6.45, 7) is 2.34. The number of halogens is 1. The smallest absolute Gasteiger partial charge is 0.331 e. The molecule has 0 amide bonds. The summed E-state index contributed by atoms with van der Waals surface area (Å²) in [7, 11) is 0. The molecule has 5 heteroatoms. The van der Waals surface area contributed by atoms with E-state index in [1.807, 2.05) is 12.2 Å². The number of esters is 1. The third-order valence-electron chi connectivity index (χ3n) is 8.41. The molecule has 1 N–H and O–H groups in total. The molecule has 3 saturated carbocycles. The van der Waals surface area contributed by atoms with E-state index < -0.39 is 0 Å². The third kappa shape index (κ3) is 2.08. The van der Waals surface area contributed by atoms with Gasteiger partial charge in [-0.25, -0.2) is 4.79 Å². The second-order valence-corrected chi connectivity index (χ2v) is 9.68. The number of hydrogen-bond acceptors (Lipinski definition) is 4. The highest BCUT2D eigenvalue weighted by atomic mass is 35.5. The Balaban J connectivity index is 1.48. The van der Waals surface area contributed by atoms with Crippen LogP contribution in [0.1, 0.15) is 51.9 Å². The first kappa shape index (κ1) is 16.9. The molecule has 5 rings (SSSR count). The summed E-state index contributed by atoms with van der Waals surface area (Å²) < 4.78 is 5.89. The van der Waals surface area contributed by atoms with E-state index in [1.54, 1.807) is 6.08 Å². The van der Waals surface area contributed by atoms with Crippen molar-refractivity contribution in [3.8, 4) is 0 Å². The quantitative estimate of drug-likeness (QED) is 0.294. The predicted octanol–water partition coefficient (Wildman–Crippen LogP) is 4.46. The highest BCUT2D eigenvalue weighted by Crippen LogP contribution is 2.67. The first-order chi connectivity index (χ1) is 12.5. The Morgan fingerprint density at radius 1 is 1.27 bits per heavy atom. The van der Waals surface area contributed by atoms with E-state index in [2.05, 4.69) is 12.1 Å². The van der Waals surface area contributed by atoms with Crippen molar-refractivity contribution in [2.75, 3.05) is 0 Å². The number of nitrogens with zero attached hydrogens (tertiary/aromatic N) is 1. The number of alkyl halides is 1. The van der Waals surface area contributed by atoms with Crippen LogP contribution in [0, 0.1) is 29.1 Å². The molecule has 4 nitrogen and oxygen atoms in total. The van der Waals surface area contributed by atoms with Gasteiger partial charge < -0.3 is 9.94 Å². The van der Waals surface area contributed by atoms with E-state index in [9.17, 15) is 4.79 Å². The standard InChI is InChI=1S/C21H26ClNO3/c1-20-7-4-14-13-3-2-12(23-25)10-16(13)18(22)11-15(14)17(20)5-8-21(20)9-6-19(24)26-21/h6,9-10,13-15,17-18,25H,2-5,7-8,11H2,1H3/b23-12+/t13-,14?,15?,17?,18?,20+,21-/m1/s1. The lowest BCUT2D eigenvalue weighted by Gasteiger charge is -2.56. The molecular formula is C21H26ClNO3. The van der Waals surface area contributed by atoms with Gasteiger partial charge in [-0.1, -0.05) is 12.1 Å². The van der Waals surface area contributed by atoms with E-state index in [0.717, 1.165) is 44.2 Å². The molecule has 0 aromatic rings. The maximum Gasteiger partial charge on any atom is 0.331 e. The lowest BCUT2D eigenvalue weighted by molar-refractivity contribution is -0.161. The fourth-order valence-corrected chi connectivity index (χ4v) is 7.59. The lowest BCUT2D eigenvalue weighted by Crippen LogP contribution is -2.53. The second kappa shape index (κ2) is 5.60.